The van der Waals surface area contributed by atoms with Crippen LogP contribution in [0.5, 0.6) is 0 Å². The minimum atomic E-state index is -0.788. The number of hydrogen-bond acceptors (Lipinski definition) is 6. The lowest BCUT2D eigenvalue weighted by atomic mass is 10.0. The number of guanidine groups is 1. The van der Waals surface area contributed by atoms with Gasteiger partial charge in [0.25, 0.3) is 0 Å². The second-order valence-electron chi connectivity index (χ2n) is 6.14. The molecule has 9 nitrogen and oxygen atoms in total. The van der Waals surface area contributed by atoms with Gasteiger partial charge < -0.3 is 26.9 Å². The van der Waals surface area contributed by atoms with Gasteiger partial charge >= 0.3 is 0 Å². The van der Waals surface area contributed by atoms with Gasteiger partial charge in [0, 0.05) is 6.54 Å². The van der Waals surface area contributed by atoms with E-state index in [1.807, 2.05) is 0 Å². The molecule has 0 spiro atoms. The Morgan fingerprint density at radius 1 is 1.17 bits per heavy atom. The first-order valence-corrected chi connectivity index (χ1v) is 8.39. The molecule has 0 saturated carbocycles. The maximum atomic E-state index is 12.8. The Hall–Kier alpha value is -2.00. The quantitative estimate of drug-likeness (QED) is 0.133. The Morgan fingerprint density at radius 2 is 1.79 bits per heavy atom. The molecule has 0 aromatic heterocycles. The third-order valence-electron chi connectivity index (χ3n) is 4.40. The second-order valence-corrected chi connectivity index (χ2v) is 6.14. The molecule has 0 aromatic rings. The third-order valence-corrected chi connectivity index (χ3v) is 4.40. The summed E-state index contributed by atoms with van der Waals surface area (Å²) in [5.41, 5.74) is 10.5. The first-order valence-electron chi connectivity index (χ1n) is 8.39. The Kier molecular flexibility index (Phi) is 6.68. The van der Waals surface area contributed by atoms with Crippen LogP contribution in [0, 0.1) is 0 Å². The van der Waals surface area contributed by atoms with E-state index in [9.17, 15) is 14.4 Å². The molecule has 1 unspecified atom stereocenters. The molecule has 2 amide bonds. The van der Waals surface area contributed by atoms with Crippen LogP contribution in [-0.2, 0) is 14.4 Å². The van der Waals surface area contributed by atoms with Gasteiger partial charge in [0.1, 0.15) is 6.29 Å². The summed E-state index contributed by atoms with van der Waals surface area (Å²) in [5.74, 6) is -0.653. The highest BCUT2D eigenvalue weighted by Gasteiger charge is 2.39. The summed E-state index contributed by atoms with van der Waals surface area (Å²) in [6.45, 7) is 1.85. The highest BCUT2D eigenvalue weighted by molar-refractivity contribution is 6.02. The lowest BCUT2D eigenvalue weighted by Crippen LogP contribution is -2.61. The molecule has 9 heteroatoms. The number of imide groups is 1. The Morgan fingerprint density at radius 3 is 2.25 bits per heavy atom. The maximum absolute atomic E-state index is 12.8. The largest absolute Gasteiger partial charge is 0.370 e. The fourth-order valence-corrected chi connectivity index (χ4v) is 2.93. The number of carbonyl (C=O) groups excluding carboxylic acids is 3. The number of carbonyl (C=O) groups is 3. The smallest absolute Gasteiger partial charge is 0.247 e. The standard InChI is InChI=1S/C15H26N6O3/c16-15(17)20-7-1-3-10(9-22)21(14(24)12-5-8-19-12)13(23)11-4-2-6-18-11/h9-12,18-19H,1-8H2,(H4,16,17,20)/t10-,11+,12?/m0/s1. The van der Waals surface area contributed by atoms with Gasteiger partial charge in [0.2, 0.25) is 11.8 Å². The highest BCUT2D eigenvalue weighted by Crippen LogP contribution is 2.17. The molecule has 3 atom stereocenters. The van der Waals surface area contributed by atoms with Crippen molar-refractivity contribution in [1.29, 1.82) is 0 Å². The van der Waals surface area contributed by atoms with Crippen molar-refractivity contribution in [3.8, 4) is 0 Å². The predicted molar refractivity (Wildman–Crippen MR) is 89.0 cm³/mol. The van der Waals surface area contributed by atoms with Crippen LogP contribution in [0.15, 0.2) is 4.99 Å². The molecule has 2 heterocycles. The molecule has 2 saturated heterocycles. The molecule has 2 rings (SSSR count). The van der Waals surface area contributed by atoms with Crippen molar-refractivity contribution in [2.75, 3.05) is 19.6 Å². The second kappa shape index (κ2) is 8.74. The van der Waals surface area contributed by atoms with E-state index < -0.39 is 12.1 Å². The summed E-state index contributed by atoms with van der Waals surface area (Å²) in [6, 6.07) is -1.56. The van der Waals surface area contributed by atoms with Crippen molar-refractivity contribution in [3.05, 3.63) is 0 Å². The lowest BCUT2D eigenvalue weighted by molar-refractivity contribution is -0.153. The van der Waals surface area contributed by atoms with Crippen LogP contribution in [0.4, 0.5) is 0 Å². The average molecular weight is 338 g/mol. The molecular weight excluding hydrogens is 312 g/mol. The fourth-order valence-electron chi connectivity index (χ4n) is 2.93. The van der Waals surface area contributed by atoms with Crippen LogP contribution in [0.1, 0.15) is 32.1 Å². The van der Waals surface area contributed by atoms with E-state index in [1.54, 1.807) is 0 Å². The van der Waals surface area contributed by atoms with Crippen molar-refractivity contribution in [2.24, 2.45) is 16.5 Å². The molecule has 24 heavy (non-hydrogen) atoms. The Labute approximate surface area is 141 Å². The third kappa shape index (κ3) is 4.51. The van der Waals surface area contributed by atoms with E-state index >= 15 is 0 Å². The number of aliphatic imine (C=N–C) groups is 1. The zero-order valence-electron chi connectivity index (χ0n) is 13.7. The van der Waals surface area contributed by atoms with E-state index in [0.29, 0.717) is 38.5 Å². The molecule has 0 aromatic carbocycles. The van der Waals surface area contributed by atoms with Crippen LogP contribution in [0.2, 0.25) is 0 Å². The summed E-state index contributed by atoms with van der Waals surface area (Å²) >= 11 is 0. The van der Waals surface area contributed by atoms with Crippen LogP contribution in [0.25, 0.3) is 0 Å². The van der Waals surface area contributed by atoms with Gasteiger partial charge in [-0.05, 0) is 45.2 Å². The van der Waals surface area contributed by atoms with E-state index in [1.165, 1.54) is 0 Å². The normalized spacial score (nSPS) is 23.8. The first kappa shape index (κ1) is 18.3. The van der Waals surface area contributed by atoms with Crippen LogP contribution < -0.4 is 22.1 Å². The molecule has 134 valence electrons. The maximum Gasteiger partial charge on any atom is 0.247 e. The number of aldehydes is 1. The molecule has 2 aliphatic rings. The molecule has 2 fully saturated rings. The van der Waals surface area contributed by atoms with Crippen molar-refractivity contribution >= 4 is 24.1 Å². The number of rotatable bonds is 8. The van der Waals surface area contributed by atoms with Gasteiger partial charge in [-0.1, -0.05) is 0 Å². The van der Waals surface area contributed by atoms with Crippen molar-refractivity contribution in [3.63, 3.8) is 0 Å². The molecule has 6 N–H and O–H groups in total. The number of nitrogens with zero attached hydrogens (tertiary/aromatic N) is 2. The fraction of sp³-hybridized carbons (Fsp3) is 0.733. The van der Waals surface area contributed by atoms with Gasteiger partial charge in [0.15, 0.2) is 5.96 Å². The van der Waals surface area contributed by atoms with E-state index in [-0.39, 0.29) is 23.8 Å². The summed E-state index contributed by atoms with van der Waals surface area (Å²) in [7, 11) is 0. The minimum absolute atomic E-state index is 0.0181. The van der Waals surface area contributed by atoms with E-state index in [0.717, 1.165) is 24.4 Å². The number of amides is 2. The summed E-state index contributed by atoms with van der Waals surface area (Å²) in [6.07, 6.45) is 3.77. The molecule has 0 bridgehead atoms. The van der Waals surface area contributed by atoms with Crippen LogP contribution in [0.3, 0.4) is 0 Å². The molecule has 0 radical (unpaired) electrons. The summed E-state index contributed by atoms with van der Waals surface area (Å²) < 4.78 is 0. The lowest BCUT2D eigenvalue weighted by Gasteiger charge is -2.35. The van der Waals surface area contributed by atoms with Crippen LogP contribution in [-0.4, -0.2) is 66.7 Å². The zero-order chi connectivity index (χ0) is 17.5. The van der Waals surface area contributed by atoms with Gasteiger partial charge in [-0.3, -0.25) is 19.5 Å². The minimum Gasteiger partial charge on any atom is -0.370 e. The Balaban J connectivity index is 2.06. The Bertz CT molecular complexity index is 495. The van der Waals surface area contributed by atoms with Gasteiger partial charge in [-0.25, -0.2) is 0 Å². The SMILES string of the molecule is NC(N)=NCCC[C@@H](C=O)N(C(=O)C1CCN1)C(=O)[C@H]1CCCN1. The van der Waals surface area contributed by atoms with Gasteiger partial charge in [-0.2, -0.15) is 0 Å². The topological polar surface area (TPSA) is 143 Å². The highest BCUT2D eigenvalue weighted by atomic mass is 16.2. The van der Waals surface area contributed by atoms with Crippen LogP contribution >= 0.6 is 0 Å². The first-order chi connectivity index (χ1) is 11.5. The van der Waals surface area contributed by atoms with Crippen molar-refractivity contribution in [1.82, 2.24) is 15.5 Å². The van der Waals surface area contributed by atoms with E-state index in [4.69, 9.17) is 11.5 Å². The molecular formula is C15H26N6O3. The average Bonchev–Trinajstić information content (AvgIpc) is 3.02. The van der Waals surface area contributed by atoms with E-state index in [2.05, 4.69) is 15.6 Å². The number of hydrogen-bond donors (Lipinski definition) is 4. The predicted octanol–water partition coefficient (Wildman–Crippen LogP) is -1.92. The number of nitrogens with one attached hydrogen (secondary N) is 2. The monoisotopic (exact) mass is 338 g/mol. The molecule has 0 aliphatic carbocycles. The van der Waals surface area contributed by atoms with Gasteiger partial charge in [-0.15, -0.1) is 0 Å². The zero-order valence-corrected chi connectivity index (χ0v) is 13.7. The number of nitrogens with two attached hydrogens (primary N) is 2. The van der Waals surface area contributed by atoms with Crippen molar-refractivity contribution < 1.29 is 14.4 Å². The molecule has 2 aliphatic heterocycles. The van der Waals surface area contributed by atoms with Gasteiger partial charge in [0.05, 0.1) is 18.1 Å². The van der Waals surface area contributed by atoms with Crippen molar-refractivity contribution in [2.45, 2.75) is 50.2 Å². The summed E-state index contributed by atoms with van der Waals surface area (Å²) in [4.78, 5) is 42.0. The summed E-state index contributed by atoms with van der Waals surface area (Å²) in [5, 5.41) is 6.09.